The second kappa shape index (κ2) is 4.41. The number of hydrogen-bond acceptors (Lipinski definition) is 3. The number of aliphatic carboxylic acids is 1. The number of carbonyl (C=O) groups is 1. The Labute approximate surface area is 80.8 Å². The maximum atomic E-state index is 11.3. The molecule has 74 valence electrons. The van der Waals surface area contributed by atoms with Gasteiger partial charge in [-0.25, -0.2) is 0 Å². The molecule has 4 heteroatoms. The van der Waals surface area contributed by atoms with Crippen LogP contribution in [0.3, 0.4) is 0 Å². The summed E-state index contributed by atoms with van der Waals surface area (Å²) in [6.07, 6.45) is -0.215. The lowest BCUT2D eigenvalue weighted by atomic mass is 10.2. The third-order valence-corrected chi connectivity index (χ3v) is 1.72. The average molecular weight is 194 g/mol. The van der Waals surface area contributed by atoms with Crippen molar-refractivity contribution in [3.05, 3.63) is 40.1 Å². The third-order valence-electron chi connectivity index (χ3n) is 1.72. The standard InChI is InChI=1S/C10H10O4/c1-14-10-7(6-9(12)13)4-2-3-5-8(10)11/h2-5H,6H2,1H3,(H,12,13). The molecule has 0 unspecified atom stereocenters. The molecule has 14 heavy (non-hydrogen) atoms. The van der Waals surface area contributed by atoms with Crippen molar-refractivity contribution in [2.24, 2.45) is 0 Å². The lowest BCUT2D eigenvalue weighted by molar-refractivity contribution is -0.136. The molecule has 0 saturated carbocycles. The highest BCUT2D eigenvalue weighted by Crippen LogP contribution is 2.11. The molecule has 0 heterocycles. The van der Waals surface area contributed by atoms with Crippen LogP contribution in [0.25, 0.3) is 0 Å². The number of rotatable bonds is 3. The van der Waals surface area contributed by atoms with Gasteiger partial charge in [0.25, 0.3) is 0 Å². The van der Waals surface area contributed by atoms with Crippen molar-refractivity contribution in [2.75, 3.05) is 7.11 Å². The highest BCUT2D eigenvalue weighted by atomic mass is 16.5. The minimum Gasteiger partial charge on any atom is -0.492 e. The first-order valence-corrected chi connectivity index (χ1v) is 4.03. The van der Waals surface area contributed by atoms with Gasteiger partial charge >= 0.3 is 5.97 Å². The van der Waals surface area contributed by atoms with Crippen LogP contribution in [0.2, 0.25) is 0 Å². The Morgan fingerprint density at radius 3 is 2.64 bits per heavy atom. The van der Waals surface area contributed by atoms with E-state index in [1.54, 1.807) is 18.2 Å². The van der Waals surface area contributed by atoms with E-state index in [2.05, 4.69) is 0 Å². The summed E-state index contributed by atoms with van der Waals surface area (Å²) in [5.74, 6) is -0.897. The molecule has 0 atom stereocenters. The summed E-state index contributed by atoms with van der Waals surface area (Å²) in [5, 5.41) is 8.60. The van der Waals surface area contributed by atoms with Gasteiger partial charge in [-0.05, 0) is 6.07 Å². The maximum absolute atomic E-state index is 11.3. The Balaban J connectivity index is 3.28. The van der Waals surface area contributed by atoms with Crippen LogP contribution in [-0.4, -0.2) is 18.2 Å². The number of hydrogen-bond donors (Lipinski definition) is 1. The zero-order valence-electron chi connectivity index (χ0n) is 7.69. The number of ether oxygens (including phenoxy) is 1. The van der Waals surface area contributed by atoms with Gasteiger partial charge in [-0.3, -0.25) is 9.59 Å². The molecule has 0 aliphatic rings. The number of methoxy groups -OCH3 is 1. The van der Waals surface area contributed by atoms with Gasteiger partial charge in [0.05, 0.1) is 13.5 Å². The molecular weight excluding hydrogens is 184 g/mol. The lowest BCUT2D eigenvalue weighted by Crippen LogP contribution is -2.07. The van der Waals surface area contributed by atoms with E-state index in [0.717, 1.165) is 0 Å². The summed E-state index contributed by atoms with van der Waals surface area (Å²) in [5.41, 5.74) is 0.0729. The molecule has 0 saturated heterocycles. The predicted molar refractivity (Wildman–Crippen MR) is 50.6 cm³/mol. The Morgan fingerprint density at radius 1 is 1.43 bits per heavy atom. The predicted octanol–water partition coefficient (Wildman–Crippen LogP) is 0.682. The van der Waals surface area contributed by atoms with Crippen LogP contribution in [0.1, 0.15) is 5.56 Å². The summed E-state index contributed by atoms with van der Waals surface area (Å²) >= 11 is 0. The molecule has 1 aromatic rings. The zero-order valence-corrected chi connectivity index (χ0v) is 7.69. The summed E-state index contributed by atoms with van der Waals surface area (Å²) in [7, 11) is 1.35. The van der Waals surface area contributed by atoms with Gasteiger partial charge in [-0.15, -0.1) is 0 Å². The minimum atomic E-state index is -0.992. The van der Waals surface area contributed by atoms with Crippen molar-refractivity contribution in [3.63, 3.8) is 0 Å². The first-order valence-electron chi connectivity index (χ1n) is 4.03. The molecule has 1 aromatic carbocycles. The Bertz CT molecular complexity index is 398. The fraction of sp³-hybridized carbons (Fsp3) is 0.200. The largest absolute Gasteiger partial charge is 0.492 e. The van der Waals surface area contributed by atoms with Crippen LogP contribution < -0.4 is 10.2 Å². The Kier molecular flexibility index (Phi) is 3.23. The molecular formula is C10H10O4. The Hall–Kier alpha value is -1.84. The molecule has 0 amide bonds. The van der Waals surface area contributed by atoms with Crippen molar-refractivity contribution in [1.82, 2.24) is 0 Å². The molecule has 1 rings (SSSR count). The molecule has 1 N–H and O–H groups in total. The highest BCUT2D eigenvalue weighted by Gasteiger charge is 2.08. The smallest absolute Gasteiger partial charge is 0.307 e. The zero-order chi connectivity index (χ0) is 10.6. The van der Waals surface area contributed by atoms with E-state index < -0.39 is 5.97 Å². The van der Waals surface area contributed by atoms with E-state index in [-0.39, 0.29) is 17.6 Å². The SMILES string of the molecule is COc1c(CC(=O)O)ccccc1=O. The molecule has 0 aliphatic heterocycles. The van der Waals surface area contributed by atoms with Gasteiger partial charge in [0.2, 0.25) is 5.43 Å². The van der Waals surface area contributed by atoms with Crippen LogP contribution in [0, 0.1) is 0 Å². The summed E-state index contributed by atoms with van der Waals surface area (Å²) in [6, 6.07) is 6.07. The van der Waals surface area contributed by atoms with E-state index in [0.29, 0.717) is 5.56 Å². The van der Waals surface area contributed by atoms with Crippen LogP contribution in [-0.2, 0) is 11.2 Å². The van der Waals surface area contributed by atoms with Crippen LogP contribution >= 0.6 is 0 Å². The molecule has 0 fully saturated rings. The van der Waals surface area contributed by atoms with Gasteiger partial charge in [0.1, 0.15) is 0 Å². The summed E-state index contributed by atoms with van der Waals surface area (Å²) in [4.78, 5) is 21.8. The fourth-order valence-corrected chi connectivity index (χ4v) is 1.16. The van der Waals surface area contributed by atoms with E-state index in [9.17, 15) is 9.59 Å². The first-order chi connectivity index (χ1) is 6.65. The Morgan fingerprint density at radius 2 is 2.07 bits per heavy atom. The molecule has 0 bridgehead atoms. The minimum absolute atomic E-state index is 0.0948. The van der Waals surface area contributed by atoms with Gasteiger partial charge in [-0.2, -0.15) is 0 Å². The summed E-state index contributed by atoms with van der Waals surface area (Å²) in [6.45, 7) is 0. The van der Waals surface area contributed by atoms with Crippen molar-refractivity contribution >= 4 is 5.97 Å². The monoisotopic (exact) mass is 194 g/mol. The van der Waals surface area contributed by atoms with Crippen molar-refractivity contribution in [3.8, 4) is 5.75 Å². The molecule has 0 radical (unpaired) electrons. The fourth-order valence-electron chi connectivity index (χ4n) is 1.16. The van der Waals surface area contributed by atoms with E-state index in [1.165, 1.54) is 13.2 Å². The number of carboxylic acids is 1. The van der Waals surface area contributed by atoms with E-state index in [1.807, 2.05) is 0 Å². The molecule has 0 aromatic heterocycles. The van der Waals surface area contributed by atoms with Gasteiger partial charge < -0.3 is 9.84 Å². The van der Waals surface area contributed by atoms with Crippen LogP contribution in [0.4, 0.5) is 0 Å². The van der Waals surface area contributed by atoms with Gasteiger partial charge in [0.15, 0.2) is 5.75 Å². The first kappa shape index (κ1) is 10.2. The average Bonchev–Trinajstić information content (AvgIpc) is 2.27. The summed E-state index contributed by atoms with van der Waals surface area (Å²) < 4.78 is 4.86. The van der Waals surface area contributed by atoms with Crippen LogP contribution in [0.15, 0.2) is 29.1 Å². The third kappa shape index (κ3) is 2.32. The molecule has 0 aliphatic carbocycles. The second-order valence-corrected chi connectivity index (χ2v) is 2.71. The van der Waals surface area contributed by atoms with E-state index >= 15 is 0 Å². The normalized spacial score (nSPS) is 9.50. The quantitative estimate of drug-likeness (QED) is 0.768. The van der Waals surface area contributed by atoms with Gasteiger partial charge in [-0.1, -0.05) is 18.2 Å². The molecule has 4 nitrogen and oxygen atoms in total. The number of carboxylic acid groups (broad SMARTS) is 1. The van der Waals surface area contributed by atoms with Crippen molar-refractivity contribution in [2.45, 2.75) is 6.42 Å². The topological polar surface area (TPSA) is 63.6 Å². The van der Waals surface area contributed by atoms with E-state index in [4.69, 9.17) is 9.84 Å². The van der Waals surface area contributed by atoms with Gasteiger partial charge in [0, 0.05) is 5.56 Å². The van der Waals surface area contributed by atoms with Crippen LogP contribution in [0.5, 0.6) is 5.75 Å². The maximum Gasteiger partial charge on any atom is 0.307 e. The second-order valence-electron chi connectivity index (χ2n) is 2.71. The lowest BCUT2D eigenvalue weighted by Gasteiger charge is -2.00. The molecule has 0 spiro atoms. The van der Waals surface area contributed by atoms with Crippen molar-refractivity contribution < 1.29 is 14.6 Å². The highest BCUT2D eigenvalue weighted by molar-refractivity contribution is 5.71. The van der Waals surface area contributed by atoms with Crippen molar-refractivity contribution in [1.29, 1.82) is 0 Å².